The topological polar surface area (TPSA) is 76.6 Å². The Bertz CT molecular complexity index is 942. The largest absolute Gasteiger partial charge is 0.455 e. The second kappa shape index (κ2) is 9.27. The molecule has 1 aromatic carbocycles. The second-order valence-corrected chi connectivity index (χ2v) is 6.68. The first kappa shape index (κ1) is 19.0. The number of rotatable bonds is 6. The summed E-state index contributed by atoms with van der Waals surface area (Å²) in [4.78, 5) is 23.5. The normalized spacial score (nSPS) is 14.3. The predicted octanol–water partition coefficient (Wildman–Crippen LogP) is 3.35. The van der Waals surface area contributed by atoms with Crippen LogP contribution in [0.4, 0.5) is 5.82 Å². The molecule has 1 fully saturated rings. The number of ether oxygens (including phenoxy) is 2. The molecule has 3 heterocycles. The number of hydrogen-bond acceptors (Lipinski definition) is 6. The highest BCUT2D eigenvalue weighted by Gasteiger charge is 2.14. The number of para-hydroxylation sites is 1. The zero-order valence-corrected chi connectivity index (χ0v) is 16.0. The molecule has 0 aliphatic carbocycles. The Labute approximate surface area is 169 Å². The van der Waals surface area contributed by atoms with Crippen molar-refractivity contribution in [3.05, 3.63) is 78.2 Å². The van der Waals surface area contributed by atoms with Crippen LogP contribution >= 0.6 is 0 Å². The molecule has 148 valence electrons. The van der Waals surface area contributed by atoms with Gasteiger partial charge in [-0.2, -0.15) is 0 Å². The average molecular weight is 390 g/mol. The van der Waals surface area contributed by atoms with Crippen LogP contribution in [0.3, 0.4) is 0 Å². The van der Waals surface area contributed by atoms with E-state index in [1.54, 1.807) is 48.9 Å². The maximum Gasteiger partial charge on any atom is 0.260 e. The quantitative estimate of drug-likeness (QED) is 0.696. The Hall–Kier alpha value is -3.29. The van der Waals surface area contributed by atoms with Crippen molar-refractivity contribution >= 4 is 11.7 Å². The Morgan fingerprint density at radius 1 is 1.07 bits per heavy atom. The molecule has 0 spiro atoms. The molecule has 2 aromatic heterocycles. The zero-order chi connectivity index (χ0) is 19.9. The second-order valence-electron chi connectivity index (χ2n) is 6.68. The van der Waals surface area contributed by atoms with Crippen LogP contribution in [-0.4, -0.2) is 47.1 Å². The van der Waals surface area contributed by atoms with Gasteiger partial charge in [0.1, 0.15) is 17.3 Å². The summed E-state index contributed by atoms with van der Waals surface area (Å²) in [5.41, 5.74) is 1.53. The summed E-state index contributed by atoms with van der Waals surface area (Å²) >= 11 is 0. The number of carbonyl (C=O) groups is 1. The van der Waals surface area contributed by atoms with E-state index in [2.05, 4.69) is 20.2 Å². The summed E-state index contributed by atoms with van der Waals surface area (Å²) in [6.45, 7) is 4.20. The number of morpholine rings is 1. The molecule has 1 saturated heterocycles. The number of amides is 1. The first-order chi connectivity index (χ1) is 14.3. The fraction of sp³-hybridized carbons (Fsp3) is 0.227. The molecule has 7 heteroatoms. The van der Waals surface area contributed by atoms with E-state index in [0.29, 0.717) is 22.9 Å². The summed E-state index contributed by atoms with van der Waals surface area (Å²) < 4.78 is 11.2. The van der Waals surface area contributed by atoms with Crippen LogP contribution in [0.5, 0.6) is 11.5 Å². The lowest BCUT2D eigenvalue weighted by Gasteiger charge is -2.26. The minimum atomic E-state index is -0.280. The fourth-order valence-corrected chi connectivity index (χ4v) is 3.07. The molecule has 0 unspecified atom stereocenters. The summed E-state index contributed by atoms with van der Waals surface area (Å²) in [5.74, 6) is 1.25. The lowest BCUT2D eigenvalue weighted by atomic mass is 10.2. The van der Waals surface area contributed by atoms with E-state index in [-0.39, 0.29) is 5.91 Å². The van der Waals surface area contributed by atoms with Crippen LogP contribution < -0.4 is 10.1 Å². The van der Waals surface area contributed by atoms with E-state index in [4.69, 9.17) is 9.47 Å². The Morgan fingerprint density at radius 2 is 1.93 bits per heavy atom. The van der Waals surface area contributed by atoms with Crippen LogP contribution in [0.1, 0.15) is 15.9 Å². The van der Waals surface area contributed by atoms with Gasteiger partial charge in [-0.1, -0.05) is 18.2 Å². The van der Waals surface area contributed by atoms with Crippen LogP contribution in [0.25, 0.3) is 0 Å². The zero-order valence-electron chi connectivity index (χ0n) is 16.0. The number of pyridine rings is 2. The third-order valence-corrected chi connectivity index (χ3v) is 4.57. The van der Waals surface area contributed by atoms with E-state index in [0.717, 1.165) is 38.4 Å². The molecule has 3 aromatic rings. The van der Waals surface area contributed by atoms with Crippen LogP contribution in [0.15, 0.2) is 67.1 Å². The molecule has 0 saturated carbocycles. The van der Waals surface area contributed by atoms with Crippen molar-refractivity contribution in [2.75, 3.05) is 31.6 Å². The van der Waals surface area contributed by atoms with E-state index in [1.165, 1.54) is 0 Å². The summed E-state index contributed by atoms with van der Waals surface area (Å²) in [5, 5.41) is 2.84. The van der Waals surface area contributed by atoms with Crippen molar-refractivity contribution in [3.63, 3.8) is 0 Å². The standard InChI is InChI=1S/C22H22N4O3/c27-22(19-5-1-2-6-20(19)29-18-4-3-9-23-15-18)25-21-8-7-17(14-24-21)16-26-10-12-28-13-11-26/h1-9,14-15H,10-13,16H2,(H,24,25,27). The summed E-state index contributed by atoms with van der Waals surface area (Å²) in [6, 6.07) is 14.4. The Kier molecular flexibility index (Phi) is 6.09. The van der Waals surface area contributed by atoms with Gasteiger partial charge in [0.25, 0.3) is 5.91 Å². The third kappa shape index (κ3) is 5.16. The van der Waals surface area contributed by atoms with Crippen LogP contribution in [0, 0.1) is 0 Å². The van der Waals surface area contributed by atoms with Crippen molar-refractivity contribution in [3.8, 4) is 11.5 Å². The minimum absolute atomic E-state index is 0.280. The number of benzene rings is 1. The van der Waals surface area contributed by atoms with Crippen LogP contribution in [-0.2, 0) is 11.3 Å². The molecule has 1 amide bonds. The van der Waals surface area contributed by atoms with Gasteiger partial charge in [0.05, 0.1) is 25.0 Å². The Morgan fingerprint density at radius 3 is 2.69 bits per heavy atom. The van der Waals surface area contributed by atoms with Crippen molar-refractivity contribution in [1.29, 1.82) is 0 Å². The number of nitrogens with one attached hydrogen (secondary N) is 1. The van der Waals surface area contributed by atoms with Gasteiger partial charge in [-0.3, -0.25) is 14.7 Å². The van der Waals surface area contributed by atoms with Crippen molar-refractivity contribution in [2.45, 2.75) is 6.54 Å². The number of nitrogens with zero attached hydrogens (tertiary/aromatic N) is 3. The highest BCUT2D eigenvalue weighted by Crippen LogP contribution is 2.25. The number of hydrogen-bond donors (Lipinski definition) is 1. The van der Waals surface area contributed by atoms with Crippen molar-refractivity contribution < 1.29 is 14.3 Å². The number of carbonyl (C=O) groups excluding carboxylic acids is 1. The molecule has 4 rings (SSSR count). The highest BCUT2D eigenvalue weighted by atomic mass is 16.5. The first-order valence-electron chi connectivity index (χ1n) is 9.51. The average Bonchev–Trinajstić information content (AvgIpc) is 2.77. The summed E-state index contributed by atoms with van der Waals surface area (Å²) in [6.07, 6.45) is 5.06. The van der Waals surface area contributed by atoms with Gasteiger partial charge in [0.15, 0.2) is 0 Å². The van der Waals surface area contributed by atoms with Crippen molar-refractivity contribution in [2.24, 2.45) is 0 Å². The molecule has 0 atom stereocenters. The van der Waals surface area contributed by atoms with Gasteiger partial charge in [0.2, 0.25) is 0 Å². The van der Waals surface area contributed by atoms with Gasteiger partial charge in [0, 0.05) is 32.0 Å². The maximum atomic E-state index is 12.8. The fourth-order valence-electron chi connectivity index (χ4n) is 3.07. The lowest BCUT2D eigenvalue weighted by Crippen LogP contribution is -2.35. The van der Waals surface area contributed by atoms with Gasteiger partial charge in [-0.25, -0.2) is 4.98 Å². The SMILES string of the molecule is O=C(Nc1ccc(CN2CCOCC2)cn1)c1ccccc1Oc1cccnc1. The molecule has 0 radical (unpaired) electrons. The van der Waals surface area contributed by atoms with Crippen molar-refractivity contribution in [1.82, 2.24) is 14.9 Å². The van der Waals surface area contributed by atoms with Gasteiger partial charge in [-0.15, -0.1) is 0 Å². The molecule has 29 heavy (non-hydrogen) atoms. The molecular weight excluding hydrogens is 368 g/mol. The predicted molar refractivity (Wildman–Crippen MR) is 109 cm³/mol. The molecule has 7 nitrogen and oxygen atoms in total. The smallest absolute Gasteiger partial charge is 0.260 e. The lowest BCUT2D eigenvalue weighted by molar-refractivity contribution is 0.0341. The number of aromatic nitrogens is 2. The van der Waals surface area contributed by atoms with Gasteiger partial charge < -0.3 is 14.8 Å². The Balaban J connectivity index is 1.41. The number of anilines is 1. The molecule has 1 aliphatic rings. The first-order valence-corrected chi connectivity index (χ1v) is 9.51. The van der Waals surface area contributed by atoms with Gasteiger partial charge >= 0.3 is 0 Å². The highest BCUT2D eigenvalue weighted by molar-refractivity contribution is 6.05. The molecule has 1 N–H and O–H groups in total. The minimum Gasteiger partial charge on any atom is -0.455 e. The molecule has 1 aliphatic heterocycles. The van der Waals surface area contributed by atoms with E-state index in [9.17, 15) is 4.79 Å². The maximum absolute atomic E-state index is 12.8. The third-order valence-electron chi connectivity index (χ3n) is 4.57. The van der Waals surface area contributed by atoms with Gasteiger partial charge in [-0.05, 0) is 35.9 Å². The summed E-state index contributed by atoms with van der Waals surface area (Å²) in [7, 11) is 0. The molecule has 0 bridgehead atoms. The van der Waals surface area contributed by atoms with E-state index < -0.39 is 0 Å². The van der Waals surface area contributed by atoms with E-state index >= 15 is 0 Å². The van der Waals surface area contributed by atoms with Crippen LogP contribution in [0.2, 0.25) is 0 Å². The molecular formula is C22H22N4O3. The van der Waals surface area contributed by atoms with E-state index in [1.807, 2.05) is 18.2 Å². The monoisotopic (exact) mass is 390 g/mol.